The summed E-state index contributed by atoms with van der Waals surface area (Å²) in [5.41, 5.74) is 2.97. The lowest BCUT2D eigenvalue weighted by Gasteiger charge is -2.34. The van der Waals surface area contributed by atoms with Crippen molar-refractivity contribution in [2.75, 3.05) is 53.1 Å². The molecule has 0 aromatic heterocycles. The molecule has 1 unspecified atom stereocenters. The number of hydrogen-bond donors (Lipinski definition) is 2. The van der Waals surface area contributed by atoms with E-state index >= 15 is 0 Å². The number of rotatable bonds is 9. The molecule has 162 valence electrons. The highest BCUT2D eigenvalue weighted by molar-refractivity contribution is 5.79. The third kappa shape index (κ3) is 7.28. The van der Waals surface area contributed by atoms with E-state index in [0.717, 1.165) is 84.2 Å². The Hall–Kier alpha value is -1.63. The van der Waals surface area contributed by atoms with E-state index in [0.29, 0.717) is 12.0 Å². The second-order valence-electron chi connectivity index (χ2n) is 8.20. The Labute approximate surface area is 176 Å². The van der Waals surface area contributed by atoms with Crippen LogP contribution in [0.2, 0.25) is 0 Å². The summed E-state index contributed by atoms with van der Waals surface area (Å²) in [5.74, 6) is 1.55. The number of guanidine groups is 1. The van der Waals surface area contributed by atoms with Gasteiger partial charge in [-0.1, -0.05) is 24.3 Å². The zero-order valence-corrected chi connectivity index (χ0v) is 18.2. The predicted molar refractivity (Wildman–Crippen MR) is 118 cm³/mol. The van der Waals surface area contributed by atoms with Crippen molar-refractivity contribution in [2.45, 2.75) is 45.2 Å². The number of hydrogen-bond acceptors (Lipinski definition) is 4. The number of nitrogens with zero attached hydrogens (tertiary/aromatic N) is 2. The van der Waals surface area contributed by atoms with Crippen LogP contribution in [0.25, 0.3) is 0 Å². The van der Waals surface area contributed by atoms with Crippen LogP contribution in [0.4, 0.5) is 0 Å². The van der Waals surface area contributed by atoms with Gasteiger partial charge in [0.15, 0.2) is 5.96 Å². The number of fused-ring (bicyclic) bond motifs is 1. The number of benzene rings is 1. The van der Waals surface area contributed by atoms with Crippen LogP contribution in [-0.4, -0.2) is 70.0 Å². The topological polar surface area (TPSA) is 58.1 Å². The first-order valence-electron chi connectivity index (χ1n) is 11.2. The standard InChI is InChI=1S/C23H38N4O2/c1-19(27-12-8-21-6-3-4-7-22(21)17-27)16-26-23(24-2)25-11-5-13-29-18-20-9-14-28-15-10-20/h3-4,6-7,19-20H,5,8-18H2,1-2H3,(H2,24,25,26). The maximum atomic E-state index is 5.83. The van der Waals surface area contributed by atoms with E-state index in [1.165, 1.54) is 11.1 Å². The molecule has 2 aliphatic rings. The second-order valence-corrected chi connectivity index (χ2v) is 8.20. The fourth-order valence-corrected chi connectivity index (χ4v) is 4.03. The quantitative estimate of drug-likeness (QED) is 0.377. The molecule has 0 saturated carbocycles. The molecule has 2 N–H and O–H groups in total. The van der Waals surface area contributed by atoms with Crippen LogP contribution < -0.4 is 10.6 Å². The molecule has 0 amide bonds. The van der Waals surface area contributed by atoms with Gasteiger partial charge in [0, 0.05) is 65.7 Å². The molecule has 1 atom stereocenters. The largest absolute Gasteiger partial charge is 0.381 e. The lowest BCUT2D eigenvalue weighted by atomic mass is 9.99. The molecule has 3 rings (SSSR count). The first-order valence-corrected chi connectivity index (χ1v) is 11.2. The molecular formula is C23H38N4O2. The summed E-state index contributed by atoms with van der Waals surface area (Å²) < 4.78 is 11.2. The molecule has 1 saturated heterocycles. The van der Waals surface area contributed by atoms with Crippen LogP contribution in [0.5, 0.6) is 0 Å². The zero-order valence-electron chi connectivity index (χ0n) is 18.2. The third-order valence-corrected chi connectivity index (χ3v) is 6.02. The Morgan fingerprint density at radius 2 is 2.03 bits per heavy atom. The lowest BCUT2D eigenvalue weighted by Crippen LogP contribution is -2.47. The van der Waals surface area contributed by atoms with Crippen molar-refractivity contribution in [2.24, 2.45) is 10.9 Å². The fraction of sp³-hybridized carbons (Fsp3) is 0.696. The maximum Gasteiger partial charge on any atom is 0.191 e. The Bertz CT molecular complexity index is 631. The molecular weight excluding hydrogens is 364 g/mol. The van der Waals surface area contributed by atoms with Gasteiger partial charge in [-0.05, 0) is 49.7 Å². The van der Waals surface area contributed by atoms with E-state index in [9.17, 15) is 0 Å². The minimum absolute atomic E-state index is 0.463. The molecule has 1 aromatic carbocycles. The monoisotopic (exact) mass is 402 g/mol. The fourth-order valence-electron chi connectivity index (χ4n) is 4.03. The average molecular weight is 403 g/mol. The molecule has 29 heavy (non-hydrogen) atoms. The first kappa shape index (κ1) is 22.1. The van der Waals surface area contributed by atoms with Gasteiger partial charge in [-0.15, -0.1) is 0 Å². The van der Waals surface area contributed by atoms with Gasteiger partial charge in [-0.3, -0.25) is 9.89 Å². The van der Waals surface area contributed by atoms with Crippen LogP contribution in [0.1, 0.15) is 37.3 Å². The van der Waals surface area contributed by atoms with Gasteiger partial charge < -0.3 is 20.1 Å². The summed E-state index contributed by atoms with van der Waals surface area (Å²) in [6, 6.07) is 9.26. The molecule has 0 aliphatic carbocycles. The predicted octanol–water partition coefficient (Wildman–Crippen LogP) is 2.43. The molecule has 0 bridgehead atoms. The van der Waals surface area contributed by atoms with E-state index in [2.05, 4.69) is 51.7 Å². The smallest absolute Gasteiger partial charge is 0.191 e. The summed E-state index contributed by atoms with van der Waals surface area (Å²) in [6.07, 6.45) is 4.40. The number of nitrogens with one attached hydrogen (secondary N) is 2. The van der Waals surface area contributed by atoms with E-state index in [-0.39, 0.29) is 0 Å². The maximum absolute atomic E-state index is 5.83. The van der Waals surface area contributed by atoms with E-state index < -0.39 is 0 Å². The van der Waals surface area contributed by atoms with Crippen LogP contribution in [0, 0.1) is 5.92 Å². The summed E-state index contributed by atoms with van der Waals surface area (Å²) >= 11 is 0. The van der Waals surface area contributed by atoms with Crippen LogP contribution in [0.3, 0.4) is 0 Å². The minimum atomic E-state index is 0.463. The zero-order chi connectivity index (χ0) is 20.3. The second kappa shape index (κ2) is 12.2. The molecule has 1 aromatic rings. The molecule has 6 nitrogen and oxygen atoms in total. The van der Waals surface area contributed by atoms with Crippen molar-refractivity contribution >= 4 is 5.96 Å². The highest BCUT2D eigenvalue weighted by atomic mass is 16.5. The van der Waals surface area contributed by atoms with Gasteiger partial charge in [0.05, 0.1) is 0 Å². The molecule has 1 fully saturated rings. The summed E-state index contributed by atoms with van der Waals surface area (Å²) in [6.45, 7) is 9.66. The van der Waals surface area contributed by atoms with Crippen molar-refractivity contribution in [3.05, 3.63) is 35.4 Å². The van der Waals surface area contributed by atoms with Gasteiger partial charge >= 0.3 is 0 Å². The van der Waals surface area contributed by atoms with Crippen molar-refractivity contribution in [3.63, 3.8) is 0 Å². The highest BCUT2D eigenvalue weighted by Crippen LogP contribution is 2.20. The average Bonchev–Trinajstić information content (AvgIpc) is 2.78. The van der Waals surface area contributed by atoms with Crippen molar-refractivity contribution in [3.8, 4) is 0 Å². The van der Waals surface area contributed by atoms with E-state index in [1.807, 2.05) is 7.05 Å². The summed E-state index contributed by atoms with van der Waals surface area (Å²) in [4.78, 5) is 6.90. The SMILES string of the molecule is CN=C(NCCCOCC1CCOCC1)NCC(C)N1CCc2ccccc2C1. The Balaban J connectivity index is 1.27. The van der Waals surface area contributed by atoms with Gasteiger partial charge in [0.1, 0.15) is 0 Å². The van der Waals surface area contributed by atoms with Crippen molar-refractivity contribution < 1.29 is 9.47 Å². The molecule has 2 heterocycles. The third-order valence-electron chi connectivity index (χ3n) is 6.02. The Morgan fingerprint density at radius 1 is 1.24 bits per heavy atom. The Kier molecular flexibility index (Phi) is 9.25. The van der Waals surface area contributed by atoms with Gasteiger partial charge in [0.2, 0.25) is 0 Å². The van der Waals surface area contributed by atoms with Gasteiger partial charge in [0.25, 0.3) is 0 Å². The van der Waals surface area contributed by atoms with Crippen molar-refractivity contribution in [1.29, 1.82) is 0 Å². The van der Waals surface area contributed by atoms with E-state index in [1.54, 1.807) is 0 Å². The molecule has 6 heteroatoms. The molecule has 2 aliphatic heterocycles. The molecule has 0 radical (unpaired) electrons. The molecule has 0 spiro atoms. The summed E-state index contributed by atoms with van der Waals surface area (Å²) in [5, 5.41) is 6.88. The highest BCUT2D eigenvalue weighted by Gasteiger charge is 2.20. The van der Waals surface area contributed by atoms with E-state index in [4.69, 9.17) is 9.47 Å². The van der Waals surface area contributed by atoms with Crippen molar-refractivity contribution in [1.82, 2.24) is 15.5 Å². The van der Waals surface area contributed by atoms with Gasteiger partial charge in [-0.25, -0.2) is 0 Å². The lowest BCUT2D eigenvalue weighted by molar-refractivity contribution is 0.0203. The normalized spacial score (nSPS) is 19.6. The summed E-state index contributed by atoms with van der Waals surface area (Å²) in [7, 11) is 1.83. The number of aliphatic imine (C=N–C) groups is 1. The van der Waals surface area contributed by atoms with Crippen LogP contribution in [0.15, 0.2) is 29.3 Å². The van der Waals surface area contributed by atoms with Crippen LogP contribution >= 0.6 is 0 Å². The first-order chi connectivity index (χ1) is 14.3. The minimum Gasteiger partial charge on any atom is -0.381 e. The Morgan fingerprint density at radius 3 is 2.83 bits per heavy atom. The van der Waals surface area contributed by atoms with Crippen LogP contribution in [-0.2, 0) is 22.4 Å². The number of ether oxygens (including phenoxy) is 2. The van der Waals surface area contributed by atoms with Gasteiger partial charge in [-0.2, -0.15) is 0 Å².